The first-order valence-corrected chi connectivity index (χ1v) is 8.20. The molecule has 0 bridgehead atoms. The summed E-state index contributed by atoms with van der Waals surface area (Å²) in [6.45, 7) is 4.60. The van der Waals surface area contributed by atoms with E-state index in [1.165, 1.54) is 18.4 Å². The van der Waals surface area contributed by atoms with Crippen molar-refractivity contribution in [1.82, 2.24) is 15.2 Å². The molecule has 4 nitrogen and oxygen atoms in total. The van der Waals surface area contributed by atoms with Gasteiger partial charge in [0.15, 0.2) is 0 Å². The Bertz CT molecular complexity index is 633. The molecular formula is C19H23N3O. The molecule has 120 valence electrons. The van der Waals surface area contributed by atoms with Crippen molar-refractivity contribution in [2.75, 3.05) is 19.6 Å². The number of pyridine rings is 1. The normalized spacial score (nSPS) is 16.2. The van der Waals surface area contributed by atoms with Gasteiger partial charge in [-0.15, -0.1) is 0 Å². The molecule has 0 unspecified atom stereocenters. The number of benzene rings is 1. The maximum absolute atomic E-state index is 12.5. The third kappa shape index (κ3) is 4.17. The van der Waals surface area contributed by atoms with Crippen LogP contribution in [0, 0.1) is 6.92 Å². The average Bonchev–Trinajstić information content (AvgIpc) is 3.07. The molecule has 2 aromatic rings. The van der Waals surface area contributed by atoms with E-state index in [-0.39, 0.29) is 11.9 Å². The maximum atomic E-state index is 12.5. The lowest BCUT2D eigenvalue weighted by Gasteiger charge is -2.22. The smallest absolute Gasteiger partial charge is 0.234 e. The SMILES string of the molecule is Cc1ccc([C@@H](NC(=O)CN2CCCC2)c2ccncc2)cc1. The van der Waals surface area contributed by atoms with Gasteiger partial charge in [0, 0.05) is 12.4 Å². The zero-order valence-electron chi connectivity index (χ0n) is 13.5. The number of aromatic nitrogens is 1. The monoisotopic (exact) mass is 309 g/mol. The highest BCUT2D eigenvalue weighted by molar-refractivity contribution is 5.79. The number of nitrogens with one attached hydrogen (secondary N) is 1. The van der Waals surface area contributed by atoms with Crippen molar-refractivity contribution >= 4 is 5.91 Å². The van der Waals surface area contributed by atoms with Gasteiger partial charge < -0.3 is 5.32 Å². The predicted molar refractivity (Wildman–Crippen MR) is 91.1 cm³/mol. The van der Waals surface area contributed by atoms with Gasteiger partial charge in [-0.25, -0.2) is 0 Å². The van der Waals surface area contributed by atoms with Crippen LogP contribution in [0.4, 0.5) is 0 Å². The molecule has 0 saturated carbocycles. The molecular weight excluding hydrogens is 286 g/mol. The first-order valence-electron chi connectivity index (χ1n) is 8.20. The molecule has 0 radical (unpaired) electrons. The topological polar surface area (TPSA) is 45.2 Å². The van der Waals surface area contributed by atoms with Gasteiger partial charge in [0.1, 0.15) is 0 Å². The number of likely N-dealkylation sites (tertiary alicyclic amines) is 1. The molecule has 1 atom stereocenters. The highest BCUT2D eigenvalue weighted by Gasteiger charge is 2.20. The molecule has 4 heteroatoms. The molecule has 1 fully saturated rings. The standard InChI is InChI=1S/C19H23N3O/c1-15-4-6-16(7-5-15)19(17-8-10-20-11-9-17)21-18(23)14-22-12-2-3-13-22/h4-11,19H,2-3,12-14H2,1H3,(H,21,23)/t19-/m1/s1. The molecule has 0 spiro atoms. The first-order chi connectivity index (χ1) is 11.2. The highest BCUT2D eigenvalue weighted by Crippen LogP contribution is 2.22. The molecule has 1 aromatic heterocycles. The van der Waals surface area contributed by atoms with Crippen molar-refractivity contribution in [2.24, 2.45) is 0 Å². The van der Waals surface area contributed by atoms with E-state index in [0.29, 0.717) is 6.54 Å². The predicted octanol–water partition coefficient (Wildman–Crippen LogP) is 2.69. The van der Waals surface area contributed by atoms with E-state index in [0.717, 1.165) is 24.2 Å². The van der Waals surface area contributed by atoms with Crippen LogP contribution >= 0.6 is 0 Å². The van der Waals surface area contributed by atoms with Gasteiger partial charge in [-0.3, -0.25) is 14.7 Å². The van der Waals surface area contributed by atoms with Crippen LogP contribution in [-0.4, -0.2) is 35.4 Å². The van der Waals surface area contributed by atoms with Crippen LogP contribution in [0.1, 0.15) is 35.6 Å². The first kappa shape index (κ1) is 15.7. The summed E-state index contributed by atoms with van der Waals surface area (Å²) in [6, 6.07) is 12.1. The van der Waals surface area contributed by atoms with Crippen LogP contribution in [0.3, 0.4) is 0 Å². The zero-order chi connectivity index (χ0) is 16.1. The van der Waals surface area contributed by atoms with E-state index in [2.05, 4.69) is 46.4 Å². The second kappa shape index (κ2) is 7.38. The van der Waals surface area contributed by atoms with E-state index in [9.17, 15) is 4.79 Å². The molecule has 1 N–H and O–H groups in total. The highest BCUT2D eigenvalue weighted by atomic mass is 16.2. The summed E-state index contributed by atoms with van der Waals surface area (Å²) in [5.74, 6) is 0.0780. The van der Waals surface area contributed by atoms with Crippen LogP contribution < -0.4 is 5.32 Å². The van der Waals surface area contributed by atoms with Gasteiger partial charge in [-0.05, 0) is 56.1 Å². The minimum atomic E-state index is -0.131. The van der Waals surface area contributed by atoms with Gasteiger partial charge in [-0.2, -0.15) is 0 Å². The van der Waals surface area contributed by atoms with Crippen LogP contribution in [-0.2, 0) is 4.79 Å². The second-order valence-corrected chi connectivity index (χ2v) is 6.18. The fourth-order valence-corrected chi connectivity index (χ4v) is 3.02. The molecule has 23 heavy (non-hydrogen) atoms. The number of carbonyl (C=O) groups excluding carboxylic acids is 1. The Hall–Kier alpha value is -2.20. The molecule has 0 aliphatic carbocycles. The Morgan fingerprint density at radius 2 is 1.70 bits per heavy atom. The minimum absolute atomic E-state index is 0.0780. The van der Waals surface area contributed by atoms with Gasteiger partial charge in [-0.1, -0.05) is 29.8 Å². The second-order valence-electron chi connectivity index (χ2n) is 6.18. The van der Waals surface area contributed by atoms with E-state index < -0.39 is 0 Å². The summed E-state index contributed by atoms with van der Waals surface area (Å²) < 4.78 is 0. The molecule has 1 amide bonds. The van der Waals surface area contributed by atoms with Crippen LogP contribution in [0.2, 0.25) is 0 Å². The summed E-state index contributed by atoms with van der Waals surface area (Å²) in [6.07, 6.45) is 5.92. The molecule has 2 heterocycles. The summed E-state index contributed by atoms with van der Waals surface area (Å²) in [4.78, 5) is 18.7. The Kier molecular flexibility index (Phi) is 5.03. The molecule has 3 rings (SSSR count). The summed E-state index contributed by atoms with van der Waals surface area (Å²) in [5, 5.41) is 3.19. The number of amides is 1. The fourth-order valence-electron chi connectivity index (χ4n) is 3.02. The van der Waals surface area contributed by atoms with Crippen molar-refractivity contribution in [1.29, 1.82) is 0 Å². The third-order valence-corrected chi connectivity index (χ3v) is 4.32. The van der Waals surface area contributed by atoms with E-state index in [1.807, 2.05) is 12.1 Å². The number of nitrogens with zero attached hydrogens (tertiary/aromatic N) is 2. The van der Waals surface area contributed by atoms with Gasteiger partial charge >= 0.3 is 0 Å². The summed E-state index contributed by atoms with van der Waals surface area (Å²) in [7, 11) is 0. The number of rotatable bonds is 5. The van der Waals surface area contributed by atoms with Gasteiger partial charge in [0.05, 0.1) is 12.6 Å². The van der Waals surface area contributed by atoms with Crippen LogP contribution in [0.15, 0.2) is 48.8 Å². The van der Waals surface area contributed by atoms with Crippen LogP contribution in [0.5, 0.6) is 0 Å². The van der Waals surface area contributed by atoms with Crippen LogP contribution in [0.25, 0.3) is 0 Å². The van der Waals surface area contributed by atoms with Gasteiger partial charge in [0.25, 0.3) is 0 Å². The number of hydrogen-bond donors (Lipinski definition) is 1. The van der Waals surface area contributed by atoms with E-state index >= 15 is 0 Å². The number of hydrogen-bond acceptors (Lipinski definition) is 3. The van der Waals surface area contributed by atoms with Gasteiger partial charge in [0.2, 0.25) is 5.91 Å². The Morgan fingerprint density at radius 3 is 2.35 bits per heavy atom. The van der Waals surface area contributed by atoms with E-state index in [4.69, 9.17) is 0 Å². The maximum Gasteiger partial charge on any atom is 0.234 e. The fraction of sp³-hybridized carbons (Fsp3) is 0.368. The summed E-state index contributed by atoms with van der Waals surface area (Å²) >= 11 is 0. The molecule has 1 saturated heterocycles. The lowest BCUT2D eigenvalue weighted by molar-refractivity contribution is -0.122. The van der Waals surface area contributed by atoms with E-state index in [1.54, 1.807) is 12.4 Å². The Labute approximate surface area is 137 Å². The average molecular weight is 309 g/mol. The molecule has 1 aliphatic rings. The van der Waals surface area contributed by atoms with Crippen molar-refractivity contribution in [3.63, 3.8) is 0 Å². The zero-order valence-corrected chi connectivity index (χ0v) is 13.5. The summed E-state index contributed by atoms with van der Waals surface area (Å²) in [5.41, 5.74) is 3.36. The lowest BCUT2D eigenvalue weighted by atomic mass is 9.98. The Balaban J connectivity index is 1.77. The largest absolute Gasteiger partial charge is 0.344 e. The van der Waals surface area contributed by atoms with Crippen molar-refractivity contribution in [2.45, 2.75) is 25.8 Å². The molecule has 1 aliphatic heterocycles. The third-order valence-electron chi connectivity index (χ3n) is 4.32. The lowest BCUT2D eigenvalue weighted by Crippen LogP contribution is -2.38. The number of carbonyl (C=O) groups is 1. The Morgan fingerprint density at radius 1 is 1.09 bits per heavy atom. The van der Waals surface area contributed by atoms with Crippen molar-refractivity contribution < 1.29 is 4.79 Å². The quantitative estimate of drug-likeness (QED) is 0.923. The number of aryl methyl sites for hydroxylation is 1. The molecule has 1 aromatic carbocycles. The minimum Gasteiger partial charge on any atom is -0.344 e. The van der Waals surface area contributed by atoms with Crippen molar-refractivity contribution in [3.8, 4) is 0 Å². The van der Waals surface area contributed by atoms with Crippen molar-refractivity contribution in [3.05, 3.63) is 65.5 Å².